The van der Waals surface area contributed by atoms with E-state index in [0.29, 0.717) is 0 Å². The number of halogens is 5. The quantitative estimate of drug-likeness (QED) is 0.635. The number of benzene rings is 2. The highest BCUT2D eigenvalue weighted by molar-refractivity contribution is 9.10. The first kappa shape index (κ1) is 15.0. The normalized spacial score (nSPS) is 14.2. The van der Waals surface area contributed by atoms with Crippen molar-refractivity contribution in [3.8, 4) is 0 Å². The second-order valence-electron chi connectivity index (χ2n) is 4.39. The van der Waals surface area contributed by atoms with Gasteiger partial charge in [0, 0.05) is 5.56 Å². The molecule has 2 aromatic carbocycles. The fourth-order valence-electron chi connectivity index (χ4n) is 1.99. The molecule has 0 spiro atoms. The molecule has 106 valence electrons. The minimum absolute atomic E-state index is 0.0917. The fourth-order valence-corrected chi connectivity index (χ4v) is 2.32. The molecule has 0 aliphatic carbocycles. The smallest absolute Gasteiger partial charge is 0.165 e. The van der Waals surface area contributed by atoms with Crippen molar-refractivity contribution in [1.29, 1.82) is 0 Å². The van der Waals surface area contributed by atoms with E-state index < -0.39 is 40.0 Å². The Morgan fingerprint density at radius 1 is 0.950 bits per heavy atom. The van der Waals surface area contributed by atoms with Crippen molar-refractivity contribution >= 4 is 15.9 Å². The average Bonchev–Trinajstić information content (AvgIpc) is 2.37. The first-order valence-corrected chi connectivity index (χ1v) is 6.37. The van der Waals surface area contributed by atoms with Crippen molar-refractivity contribution in [2.45, 2.75) is 12.5 Å². The molecule has 2 aromatic rings. The Labute approximate surface area is 121 Å². The number of rotatable bonds is 2. The number of hydrogen-bond acceptors (Lipinski definition) is 1. The van der Waals surface area contributed by atoms with Gasteiger partial charge in [0.15, 0.2) is 11.6 Å². The van der Waals surface area contributed by atoms with E-state index in [0.717, 1.165) is 37.3 Å². The lowest BCUT2D eigenvalue weighted by atomic mass is 9.87. The second-order valence-corrected chi connectivity index (χ2v) is 5.25. The first-order chi connectivity index (χ1) is 9.26. The van der Waals surface area contributed by atoms with Crippen LogP contribution in [0.1, 0.15) is 18.1 Å². The molecular weight excluding hydrogens is 340 g/mol. The van der Waals surface area contributed by atoms with Crippen LogP contribution in [-0.4, -0.2) is 5.11 Å². The van der Waals surface area contributed by atoms with E-state index in [1.807, 2.05) is 0 Å². The predicted octanol–water partition coefficient (Wildman–Crippen LogP) is 4.26. The molecular formula is C14H9BrF4O. The predicted molar refractivity (Wildman–Crippen MR) is 69.1 cm³/mol. The minimum Gasteiger partial charge on any atom is -0.380 e. The van der Waals surface area contributed by atoms with Gasteiger partial charge in [0.05, 0.1) is 10.0 Å². The molecule has 0 amide bonds. The molecule has 0 bridgehead atoms. The van der Waals surface area contributed by atoms with Gasteiger partial charge in [-0.05, 0) is 41.1 Å². The highest BCUT2D eigenvalue weighted by Crippen LogP contribution is 2.36. The van der Waals surface area contributed by atoms with E-state index in [1.54, 1.807) is 0 Å². The maximum atomic E-state index is 14.0. The maximum absolute atomic E-state index is 14.0. The summed E-state index contributed by atoms with van der Waals surface area (Å²) in [4.78, 5) is 0. The molecule has 1 unspecified atom stereocenters. The van der Waals surface area contributed by atoms with E-state index in [4.69, 9.17) is 0 Å². The van der Waals surface area contributed by atoms with E-state index >= 15 is 0 Å². The first-order valence-electron chi connectivity index (χ1n) is 5.57. The number of hydrogen-bond donors (Lipinski definition) is 1. The molecule has 0 fully saturated rings. The molecule has 0 radical (unpaired) electrons. The Hall–Kier alpha value is -1.40. The Morgan fingerprint density at radius 2 is 1.60 bits per heavy atom. The SMILES string of the molecule is CC(O)(c1cccc(F)c1F)c1c(F)ccc(Br)c1F. The molecule has 0 aliphatic rings. The summed E-state index contributed by atoms with van der Waals surface area (Å²) in [5.74, 6) is -4.69. The lowest BCUT2D eigenvalue weighted by Gasteiger charge is -2.26. The Kier molecular flexibility index (Phi) is 3.88. The van der Waals surface area contributed by atoms with Gasteiger partial charge in [-0.25, -0.2) is 17.6 Å². The zero-order valence-corrected chi connectivity index (χ0v) is 11.8. The maximum Gasteiger partial charge on any atom is 0.165 e. The average molecular weight is 349 g/mol. The molecule has 0 saturated carbocycles. The lowest BCUT2D eigenvalue weighted by Crippen LogP contribution is -2.28. The van der Waals surface area contributed by atoms with E-state index in [9.17, 15) is 22.7 Å². The van der Waals surface area contributed by atoms with Crippen LogP contribution in [0.3, 0.4) is 0 Å². The molecule has 6 heteroatoms. The van der Waals surface area contributed by atoms with Gasteiger partial charge in [0.1, 0.15) is 17.2 Å². The third kappa shape index (κ3) is 2.33. The Balaban J connectivity index is 2.73. The van der Waals surface area contributed by atoms with Crippen LogP contribution in [0.5, 0.6) is 0 Å². The topological polar surface area (TPSA) is 20.2 Å². The van der Waals surface area contributed by atoms with Gasteiger partial charge in [-0.3, -0.25) is 0 Å². The zero-order chi connectivity index (χ0) is 15.1. The summed E-state index contributed by atoms with van der Waals surface area (Å²) in [6.45, 7) is 0.999. The lowest BCUT2D eigenvalue weighted by molar-refractivity contribution is 0.0882. The van der Waals surface area contributed by atoms with E-state index in [-0.39, 0.29) is 4.47 Å². The van der Waals surface area contributed by atoms with Crippen molar-refractivity contribution in [1.82, 2.24) is 0 Å². The molecule has 20 heavy (non-hydrogen) atoms. The van der Waals surface area contributed by atoms with E-state index in [2.05, 4.69) is 15.9 Å². The van der Waals surface area contributed by atoms with Crippen LogP contribution in [0, 0.1) is 23.3 Å². The monoisotopic (exact) mass is 348 g/mol. The van der Waals surface area contributed by atoms with Gasteiger partial charge in [-0.15, -0.1) is 0 Å². The van der Waals surface area contributed by atoms with Crippen LogP contribution < -0.4 is 0 Å². The molecule has 1 atom stereocenters. The summed E-state index contributed by atoms with van der Waals surface area (Å²) in [6, 6.07) is 5.11. The van der Waals surface area contributed by atoms with Crippen LogP contribution in [0.25, 0.3) is 0 Å². The summed E-state index contributed by atoms with van der Waals surface area (Å²) in [5.41, 5.74) is -3.66. The second kappa shape index (κ2) is 5.18. The Morgan fingerprint density at radius 3 is 2.25 bits per heavy atom. The zero-order valence-electron chi connectivity index (χ0n) is 10.2. The van der Waals surface area contributed by atoms with Crippen LogP contribution in [0.15, 0.2) is 34.8 Å². The summed E-state index contributed by atoms with van der Waals surface area (Å²) in [6.07, 6.45) is 0. The highest BCUT2D eigenvalue weighted by Gasteiger charge is 2.36. The minimum atomic E-state index is -2.36. The largest absolute Gasteiger partial charge is 0.380 e. The molecule has 0 heterocycles. The van der Waals surface area contributed by atoms with Gasteiger partial charge in [0.2, 0.25) is 0 Å². The summed E-state index contributed by atoms with van der Waals surface area (Å²) in [7, 11) is 0. The molecule has 1 N–H and O–H groups in total. The third-order valence-electron chi connectivity index (χ3n) is 3.01. The summed E-state index contributed by atoms with van der Waals surface area (Å²) in [5, 5.41) is 10.3. The van der Waals surface area contributed by atoms with E-state index in [1.165, 1.54) is 0 Å². The van der Waals surface area contributed by atoms with Crippen LogP contribution in [0.2, 0.25) is 0 Å². The number of aliphatic hydroxyl groups is 1. The van der Waals surface area contributed by atoms with Crippen LogP contribution in [0.4, 0.5) is 17.6 Å². The standard InChI is InChI=1S/C14H9BrF4O/c1-14(20,7-3-2-4-10(17)12(7)18)11-9(16)6-5-8(15)13(11)19/h2-6,20H,1H3. The Bertz CT molecular complexity index is 670. The molecule has 1 nitrogen and oxygen atoms in total. The molecule has 0 saturated heterocycles. The molecule has 2 rings (SSSR count). The van der Waals surface area contributed by atoms with Crippen LogP contribution >= 0.6 is 15.9 Å². The summed E-state index contributed by atoms with van der Waals surface area (Å²) >= 11 is 2.86. The summed E-state index contributed by atoms with van der Waals surface area (Å²) < 4.78 is 54.7. The van der Waals surface area contributed by atoms with Crippen molar-refractivity contribution in [2.24, 2.45) is 0 Å². The van der Waals surface area contributed by atoms with Crippen LogP contribution in [-0.2, 0) is 5.60 Å². The van der Waals surface area contributed by atoms with Gasteiger partial charge in [0.25, 0.3) is 0 Å². The highest BCUT2D eigenvalue weighted by atomic mass is 79.9. The van der Waals surface area contributed by atoms with Gasteiger partial charge in [-0.1, -0.05) is 12.1 Å². The van der Waals surface area contributed by atoms with Crippen molar-refractivity contribution in [3.63, 3.8) is 0 Å². The van der Waals surface area contributed by atoms with Crippen molar-refractivity contribution in [3.05, 3.63) is 69.2 Å². The fraction of sp³-hybridized carbons (Fsp3) is 0.143. The van der Waals surface area contributed by atoms with Gasteiger partial charge in [-0.2, -0.15) is 0 Å². The molecule has 0 aliphatic heterocycles. The van der Waals surface area contributed by atoms with Gasteiger partial charge >= 0.3 is 0 Å². The van der Waals surface area contributed by atoms with Crippen molar-refractivity contribution < 1.29 is 22.7 Å². The third-order valence-corrected chi connectivity index (χ3v) is 3.62. The van der Waals surface area contributed by atoms with Crippen molar-refractivity contribution in [2.75, 3.05) is 0 Å². The van der Waals surface area contributed by atoms with Gasteiger partial charge < -0.3 is 5.11 Å². The molecule has 0 aromatic heterocycles.